The van der Waals surface area contributed by atoms with Gasteiger partial charge in [0.25, 0.3) is 5.79 Å². The summed E-state index contributed by atoms with van der Waals surface area (Å²) in [6.45, 7) is 0. The van der Waals surface area contributed by atoms with Gasteiger partial charge in [-0.3, -0.25) is 10.8 Å². The van der Waals surface area contributed by atoms with Crippen LogP contribution >= 0.6 is 0 Å². The Labute approximate surface area is 113 Å². The van der Waals surface area contributed by atoms with Crippen molar-refractivity contribution >= 4 is 11.4 Å². The summed E-state index contributed by atoms with van der Waals surface area (Å²) in [4.78, 5) is 0. The molecule has 0 spiro atoms. The number of H-pyrrole nitrogens is 1. The van der Waals surface area contributed by atoms with Crippen LogP contribution in [0, 0.1) is 0 Å². The number of aliphatic hydroxyl groups is 1. The van der Waals surface area contributed by atoms with Gasteiger partial charge in [-0.25, -0.2) is 0 Å². The minimum atomic E-state index is -1.55. The van der Waals surface area contributed by atoms with Crippen LogP contribution in [0.5, 0.6) is 0 Å². The third kappa shape index (κ3) is 2.08. The van der Waals surface area contributed by atoms with Gasteiger partial charge in [0.15, 0.2) is 5.82 Å². The highest BCUT2D eigenvalue weighted by Crippen LogP contribution is 2.36. The Morgan fingerprint density at radius 2 is 2.00 bits per heavy atom. The van der Waals surface area contributed by atoms with Crippen molar-refractivity contribution in [2.24, 2.45) is 26.2 Å². The molecule has 3 rings (SSSR count). The Balaban J connectivity index is 1.98. The summed E-state index contributed by atoms with van der Waals surface area (Å²) in [6.07, 6.45) is 1.54. The molecule has 0 aliphatic carbocycles. The number of hydrogen-bond acceptors (Lipinski definition) is 7. The predicted octanol–water partition coefficient (Wildman–Crippen LogP) is 2.50. The first-order valence-electron chi connectivity index (χ1n) is 5.82. The van der Waals surface area contributed by atoms with Gasteiger partial charge in [-0.2, -0.15) is 5.10 Å². The molecule has 1 aliphatic heterocycles. The third-order valence-electron chi connectivity index (χ3n) is 2.75. The average Bonchev–Trinajstić information content (AvgIpc) is 3.07. The van der Waals surface area contributed by atoms with Crippen LogP contribution in [-0.4, -0.2) is 21.1 Å². The third-order valence-corrected chi connectivity index (χ3v) is 2.75. The van der Waals surface area contributed by atoms with Crippen LogP contribution in [0.1, 0.15) is 5.56 Å². The summed E-state index contributed by atoms with van der Waals surface area (Å²) in [7, 11) is 0. The van der Waals surface area contributed by atoms with Gasteiger partial charge < -0.3 is 5.11 Å². The molecule has 8 nitrogen and oxygen atoms in total. The molecule has 1 aromatic carbocycles. The van der Waals surface area contributed by atoms with Crippen molar-refractivity contribution in [2.45, 2.75) is 5.79 Å². The number of hydrogen-bond donors (Lipinski definition) is 3. The summed E-state index contributed by atoms with van der Waals surface area (Å²) in [5.41, 5.74) is 7.06. The zero-order valence-electron chi connectivity index (χ0n) is 10.3. The van der Waals surface area contributed by atoms with E-state index in [2.05, 4.69) is 30.7 Å². The SMILES string of the molecule is NC1(N=Nc2ccn[nH]2)N=NC(O)=C1c1ccccc1. The fourth-order valence-electron chi connectivity index (χ4n) is 1.84. The molecule has 1 aliphatic rings. The highest BCUT2D eigenvalue weighted by molar-refractivity contribution is 5.75. The van der Waals surface area contributed by atoms with E-state index in [1.807, 2.05) is 18.2 Å². The van der Waals surface area contributed by atoms with Crippen LogP contribution in [-0.2, 0) is 0 Å². The van der Waals surface area contributed by atoms with Crippen molar-refractivity contribution in [1.82, 2.24) is 10.2 Å². The van der Waals surface area contributed by atoms with E-state index in [1.165, 1.54) is 0 Å². The Morgan fingerprint density at radius 3 is 2.70 bits per heavy atom. The molecule has 100 valence electrons. The molecular weight excluding hydrogens is 258 g/mol. The first-order valence-corrected chi connectivity index (χ1v) is 5.82. The standard InChI is InChI=1S/C12H11N7O/c13-12(18-16-9-6-7-14-15-9)10(11(20)17-19-12)8-4-2-1-3-5-8/h1-7,20H,13H2,(H,14,15). The molecule has 0 radical (unpaired) electrons. The number of rotatable bonds is 3. The van der Waals surface area contributed by atoms with E-state index in [9.17, 15) is 5.11 Å². The van der Waals surface area contributed by atoms with Gasteiger partial charge in [0, 0.05) is 6.07 Å². The Kier molecular flexibility index (Phi) is 2.84. The van der Waals surface area contributed by atoms with Crippen LogP contribution in [0.3, 0.4) is 0 Å². The Hall–Kier alpha value is -2.87. The normalized spacial score (nSPS) is 22.1. The monoisotopic (exact) mass is 269 g/mol. The topological polar surface area (TPSA) is 124 Å². The number of nitrogens with two attached hydrogens (primary N) is 1. The Morgan fingerprint density at radius 1 is 1.20 bits per heavy atom. The van der Waals surface area contributed by atoms with E-state index in [1.54, 1.807) is 24.4 Å². The van der Waals surface area contributed by atoms with Crippen molar-refractivity contribution in [2.75, 3.05) is 0 Å². The number of aromatic amines is 1. The number of nitrogens with zero attached hydrogens (tertiary/aromatic N) is 5. The first-order chi connectivity index (χ1) is 9.69. The lowest BCUT2D eigenvalue weighted by Gasteiger charge is -2.16. The molecule has 1 atom stereocenters. The maximum atomic E-state index is 9.85. The van der Waals surface area contributed by atoms with Gasteiger partial charge in [-0.15, -0.1) is 20.5 Å². The highest BCUT2D eigenvalue weighted by Gasteiger charge is 2.39. The number of benzene rings is 1. The molecule has 0 saturated carbocycles. The molecule has 8 heteroatoms. The van der Waals surface area contributed by atoms with Crippen molar-refractivity contribution in [3.63, 3.8) is 0 Å². The maximum Gasteiger partial charge on any atom is 0.273 e. The van der Waals surface area contributed by atoms with Crippen LogP contribution in [0.2, 0.25) is 0 Å². The molecular formula is C12H11N7O. The lowest BCUT2D eigenvalue weighted by Crippen LogP contribution is -2.34. The van der Waals surface area contributed by atoms with Crippen LogP contribution < -0.4 is 5.73 Å². The van der Waals surface area contributed by atoms with E-state index >= 15 is 0 Å². The molecule has 0 fully saturated rings. The maximum absolute atomic E-state index is 9.85. The zero-order valence-corrected chi connectivity index (χ0v) is 10.3. The van der Waals surface area contributed by atoms with E-state index < -0.39 is 5.79 Å². The molecule has 0 bridgehead atoms. The van der Waals surface area contributed by atoms with E-state index in [0.29, 0.717) is 17.0 Å². The summed E-state index contributed by atoms with van der Waals surface area (Å²) >= 11 is 0. The second-order valence-corrected chi connectivity index (χ2v) is 4.13. The van der Waals surface area contributed by atoms with Crippen LogP contribution in [0.4, 0.5) is 5.82 Å². The van der Waals surface area contributed by atoms with Crippen LogP contribution in [0.25, 0.3) is 5.57 Å². The molecule has 2 aromatic rings. The second-order valence-electron chi connectivity index (χ2n) is 4.13. The van der Waals surface area contributed by atoms with Crippen molar-refractivity contribution < 1.29 is 5.11 Å². The van der Waals surface area contributed by atoms with Gasteiger partial charge in [0.1, 0.15) is 0 Å². The summed E-state index contributed by atoms with van der Waals surface area (Å²) in [6, 6.07) is 10.7. The predicted molar refractivity (Wildman–Crippen MR) is 70.9 cm³/mol. The average molecular weight is 269 g/mol. The number of azo groups is 2. The molecule has 0 saturated heterocycles. The highest BCUT2D eigenvalue weighted by atomic mass is 16.3. The van der Waals surface area contributed by atoms with Crippen molar-refractivity contribution in [3.05, 3.63) is 54.0 Å². The first kappa shape index (κ1) is 12.2. The van der Waals surface area contributed by atoms with Crippen LogP contribution in [0.15, 0.2) is 68.9 Å². The molecule has 20 heavy (non-hydrogen) atoms. The summed E-state index contributed by atoms with van der Waals surface area (Å²) < 4.78 is 0. The number of aromatic nitrogens is 2. The van der Waals surface area contributed by atoms with Gasteiger partial charge in [-0.1, -0.05) is 30.3 Å². The quantitative estimate of drug-likeness (QED) is 0.741. The van der Waals surface area contributed by atoms with Gasteiger partial charge in [0.05, 0.1) is 11.8 Å². The zero-order chi connectivity index (χ0) is 14.0. The fourth-order valence-corrected chi connectivity index (χ4v) is 1.84. The molecule has 1 aromatic heterocycles. The minimum absolute atomic E-state index is 0.262. The summed E-state index contributed by atoms with van der Waals surface area (Å²) in [5.74, 6) is -1.37. The van der Waals surface area contributed by atoms with E-state index in [4.69, 9.17) is 5.73 Å². The molecule has 2 heterocycles. The lowest BCUT2D eigenvalue weighted by atomic mass is 10.0. The minimum Gasteiger partial charge on any atom is -0.492 e. The molecule has 1 unspecified atom stereocenters. The number of aliphatic hydroxyl groups excluding tert-OH is 1. The molecule has 4 N–H and O–H groups in total. The lowest BCUT2D eigenvalue weighted by molar-refractivity contribution is 0.408. The molecule has 0 amide bonds. The van der Waals surface area contributed by atoms with E-state index in [-0.39, 0.29) is 5.88 Å². The summed E-state index contributed by atoms with van der Waals surface area (Å²) in [5, 5.41) is 31.5. The second kappa shape index (κ2) is 4.67. The van der Waals surface area contributed by atoms with Crippen molar-refractivity contribution in [3.8, 4) is 0 Å². The fraction of sp³-hybridized carbons (Fsp3) is 0.0833. The number of nitrogens with one attached hydrogen (secondary N) is 1. The smallest absolute Gasteiger partial charge is 0.273 e. The van der Waals surface area contributed by atoms with Gasteiger partial charge >= 0.3 is 0 Å². The van der Waals surface area contributed by atoms with Gasteiger partial charge in [-0.05, 0) is 5.56 Å². The largest absolute Gasteiger partial charge is 0.492 e. The van der Waals surface area contributed by atoms with Gasteiger partial charge in [0.2, 0.25) is 5.88 Å². The van der Waals surface area contributed by atoms with E-state index in [0.717, 1.165) is 0 Å². The van der Waals surface area contributed by atoms with Crippen molar-refractivity contribution in [1.29, 1.82) is 0 Å². The Bertz CT molecular complexity index is 690.